The highest BCUT2D eigenvalue weighted by molar-refractivity contribution is 5.47. The molecular weight excluding hydrogens is 488 g/mol. The molecule has 2 unspecified atom stereocenters. The number of nitrogens with zero attached hydrogens (tertiary/aromatic N) is 2. The molecule has 0 N–H and O–H groups in total. The van der Waals surface area contributed by atoms with Crippen molar-refractivity contribution < 1.29 is 18.9 Å². The maximum absolute atomic E-state index is 10.0. The van der Waals surface area contributed by atoms with Crippen molar-refractivity contribution in [2.45, 2.75) is 56.1 Å². The number of fused-ring (bicyclic) bond motifs is 1. The third-order valence-corrected chi connectivity index (χ3v) is 7.42. The lowest BCUT2D eigenvalue weighted by Crippen LogP contribution is -2.45. The van der Waals surface area contributed by atoms with Gasteiger partial charge in [0, 0.05) is 20.3 Å². The monoisotopic (exact) mass is 524 g/mol. The van der Waals surface area contributed by atoms with E-state index in [9.17, 15) is 5.26 Å². The van der Waals surface area contributed by atoms with Gasteiger partial charge in [-0.2, -0.15) is 5.26 Å². The van der Waals surface area contributed by atoms with Gasteiger partial charge in [0.2, 0.25) is 0 Å². The molecule has 2 saturated heterocycles. The first-order chi connectivity index (χ1) is 18.7. The van der Waals surface area contributed by atoms with Gasteiger partial charge in [0.1, 0.15) is 29.5 Å². The summed E-state index contributed by atoms with van der Waals surface area (Å²) in [5, 5.41) is 10.0. The highest BCUT2D eigenvalue weighted by Gasteiger charge is 2.64. The van der Waals surface area contributed by atoms with Gasteiger partial charge in [0.15, 0.2) is 5.79 Å². The Bertz CT molecular complexity index is 1240. The van der Waals surface area contributed by atoms with Crippen molar-refractivity contribution in [3.8, 4) is 6.07 Å². The molecule has 2 heterocycles. The van der Waals surface area contributed by atoms with E-state index in [2.05, 4.69) is 42.5 Å². The largest absolute Gasteiger partial charge is 0.383 e. The summed E-state index contributed by atoms with van der Waals surface area (Å²) in [6.07, 6.45) is 0.269. The van der Waals surface area contributed by atoms with Crippen LogP contribution in [0.4, 0.5) is 0 Å². The van der Waals surface area contributed by atoms with Gasteiger partial charge in [-0.25, -0.2) is 0 Å². The minimum absolute atomic E-state index is 0.218. The van der Waals surface area contributed by atoms with E-state index in [1.54, 1.807) is 6.20 Å². The Morgan fingerprint density at radius 1 is 0.897 bits per heavy atom. The van der Waals surface area contributed by atoms with Crippen molar-refractivity contribution in [3.05, 3.63) is 119 Å². The van der Waals surface area contributed by atoms with E-state index >= 15 is 0 Å². The molecule has 3 aromatic carbocycles. The predicted molar refractivity (Wildman–Crippen MR) is 150 cm³/mol. The van der Waals surface area contributed by atoms with Gasteiger partial charge < -0.3 is 23.8 Å². The van der Waals surface area contributed by atoms with Crippen LogP contribution in [0.25, 0.3) is 0 Å². The molecule has 0 radical (unpaired) electrons. The number of benzene rings is 3. The molecule has 2 aliphatic rings. The van der Waals surface area contributed by atoms with Gasteiger partial charge in [0.05, 0.1) is 18.2 Å². The molecule has 0 spiro atoms. The molecule has 6 heteroatoms. The summed E-state index contributed by atoms with van der Waals surface area (Å²) in [6, 6.07) is 33.1. The molecular formula is C33H36N2O4. The van der Waals surface area contributed by atoms with Crippen LogP contribution >= 0.6 is 0 Å². The van der Waals surface area contributed by atoms with Gasteiger partial charge in [-0.3, -0.25) is 0 Å². The summed E-state index contributed by atoms with van der Waals surface area (Å²) in [5.41, 5.74) is 1.76. The van der Waals surface area contributed by atoms with E-state index < -0.39 is 35.3 Å². The third-order valence-electron chi connectivity index (χ3n) is 7.42. The Morgan fingerprint density at radius 3 is 1.82 bits per heavy atom. The zero-order chi connectivity index (χ0) is 27.7. The fourth-order valence-electron chi connectivity index (χ4n) is 5.98. The Morgan fingerprint density at radius 2 is 1.38 bits per heavy atom. The molecule has 5 rings (SSSR count). The number of rotatable bonds is 8. The maximum atomic E-state index is 10.0. The highest BCUT2D eigenvalue weighted by Crippen LogP contribution is 2.49. The number of hydrogen-bond acceptors (Lipinski definition) is 6. The zero-order valence-corrected chi connectivity index (χ0v) is 23.2. The molecule has 39 heavy (non-hydrogen) atoms. The van der Waals surface area contributed by atoms with E-state index in [1.165, 1.54) is 0 Å². The maximum Gasteiger partial charge on any atom is 0.164 e. The van der Waals surface area contributed by atoms with Crippen LogP contribution in [0.15, 0.2) is 103 Å². The third kappa shape index (κ3) is 4.99. The molecule has 0 bridgehead atoms. The summed E-state index contributed by atoms with van der Waals surface area (Å²) < 4.78 is 26.5. The van der Waals surface area contributed by atoms with Crippen molar-refractivity contribution >= 4 is 0 Å². The topological polar surface area (TPSA) is 64.0 Å². The molecule has 0 amide bonds. The normalized spacial score (nSPS) is 26.2. The Balaban J connectivity index is 1.58. The van der Waals surface area contributed by atoms with Crippen molar-refractivity contribution in [2.75, 3.05) is 20.7 Å². The van der Waals surface area contributed by atoms with Crippen LogP contribution in [-0.4, -0.2) is 55.3 Å². The van der Waals surface area contributed by atoms with Crippen LogP contribution in [-0.2, 0) is 24.5 Å². The summed E-state index contributed by atoms with van der Waals surface area (Å²) in [7, 11) is 3.77. The van der Waals surface area contributed by atoms with E-state index in [-0.39, 0.29) is 6.61 Å². The second-order valence-corrected chi connectivity index (χ2v) is 11.0. The molecule has 0 aliphatic carbocycles. The van der Waals surface area contributed by atoms with Crippen LogP contribution in [0.2, 0.25) is 0 Å². The summed E-state index contributed by atoms with van der Waals surface area (Å²) in [6.45, 7) is 5.98. The van der Waals surface area contributed by atoms with Crippen molar-refractivity contribution in [1.29, 1.82) is 5.26 Å². The summed E-state index contributed by atoms with van der Waals surface area (Å²) >= 11 is 0. The van der Waals surface area contributed by atoms with E-state index in [0.29, 0.717) is 5.57 Å². The molecule has 2 aliphatic heterocycles. The SMILES string of the molecule is CN(C)/C=C(\C#N)C1OC(COC(c2ccccc2)(c2ccccc2)c2ccccc2)[C@H]2OC(C)(C)O[C@@]12C. The lowest BCUT2D eigenvalue weighted by Gasteiger charge is -2.37. The second-order valence-electron chi connectivity index (χ2n) is 11.0. The lowest BCUT2D eigenvalue weighted by molar-refractivity contribution is -0.203. The predicted octanol–water partition coefficient (Wildman–Crippen LogP) is 5.64. The van der Waals surface area contributed by atoms with Crippen molar-refractivity contribution in [1.82, 2.24) is 4.90 Å². The summed E-state index contributed by atoms with van der Waals surface area (Å²) in [5.74, 6) is -0.826. The highest BCUT2D eigenvalue weighted by atomic mass is 16.8. The van der Waals surface area contributed by atoms with Crippen LogP contribution in [0.3, 0.4) is 0 Å². The van der Waals surface area contributed by atoms with Gasteiger partial charge in [-0.05, 0) is 37.5 Å². The molecule has 202 valence electrons. The molecule has 0 aromatic heterocycles. The van der Waals surface area contributed by atoms with Crippen molar-refractivity contribution in [3.63, 3.8) is 0 Å². The van der Waals surface area contributed by atoms with E-state index in [0.717, 1.165) is 16.7 Å². The fraction of sp³-hybridized carbons (Fsp3) is 0.364. The average Bonchev–Trinajstić information content (AvgIpc) is 3.34. The number of hydrogen-bond donors (Lipinski definition) is 0. The minimum atomic E-state index is -0.895. The van der Waals surface area contributed by atoms with Gasteiger partial charge in [-0.15, -0.1) is 0 Å². The van der Waals surface area contributed by atoms with Gasteiger partial charge >= 0.3 is 0 Å². The number of ether oxygens (including phenoxy) is 4. The fourth-order valence-corrected chi connectivity index (χ4v) is 5.98. The smallest absolute Gasteiger partial charge is 0.164 e. The number of nitriles is 1. The van der Waals surface area contributed by atoms with Crippen LogP contribution in [0.5, 0.6) is 0 Å². The Hall–Kier alpha value is -3.47. The summed E-state index contributed by atoms with van der Waals surface area (Å²) in [4.78, 5) is 1.84. The van der Waals surface area contributed by atoms with Crippen LogP contribution in [0, 0.1) is 11.3 Å². The Kier molecular flexibility index (Phi) is 7.37. The first-order valence-electron chi connectivity index (χ1n) is 13.3. The first kappa shape index (κ1) is 27.1. The quantitative estimate of drug-likeness (QED) is 0.281. The molecule has 0 saturated carbocycles. The van der Waals surface area contributed by atoms with E-state index in [1.807, 2.05) is 94.4 Å². The van der Waals surface area contributed by atoms with E-state index in [4.69, 9.17) is 18.9 Å². The second kappa shape index (κ2) is 10.6. The van der Waals surface area contributed by atoms with Gasteiger partial charge in [-0.1, -0.05) is 91.0 Å². The minimum Gasteiger partial charge on any atom is -0.383 e. The zero-order valence-electron chi connectivity index (χ0n) is 23.2. The standard InChI is InChI=1S/C33H36N2O4/c1-31(2)38-30-28(37-29(32(30,3)39-31)24(21-34)22-35(4)5)23-36-33(25-15-9-6-10-16-25,26-17-11-7-12-18-26)27-19-13-8-14-20-27/h6-20,22,28-30H,23H2,1-5H3/b24-22+/t28?,29?,30-,32+/m1/s1. The van der Waals surface area contributed by atoms with Crippen LogP contribution < -0.4 is 0 Å². The molecule has 3 aromatic rings. The molecule has 4 atom stereocenters. The first-order valence-corrected chi connectivity index (χ1v) is 13.3. The van der Waals surface area contributed by atoms with Gasteiger partial charge in [0.25, 0.3) is 0 Å². The molecule has 2 fully saturated rings. The van der Waals surface area contributed by atoms with Crippen molar-refractivity contribution in [2.24, 2.45) is 0 Å². The molecule has 6 nitrogen and oxygen atoms in total. The van der Waals surface area contributed by atoms with Crippen LogP contribution in [0.1, 0.15) is 37.5 Å². The Labute approximate surface area is 231 Å². The lowest BCUT2D eigenvalue weighted by atomic mass is 9.80. The average molecular weight is 525 g/mol.